The first kappa shape index (κ1) is 54.3. The maximum atomic E-state index is 11.6. The summed E-state index contributed by atoms with van der Waals surface area (Å²) in [4.78, 5) is -1.35. The fraction of sp³-hybridized carbons (Fsp3) is 0.500. The van der Waals surface area contributed by atoms with Gasteiger partial charge >= 0.3 is 37.7 Å². The first-order valence-corrected chi connectivity index (χ1v) is 24.8. The van der Waals surface area contributed by atoms with Crippen LogP contribution in [0.2, 0.25) is 0 Å². The van der Waals surface area contributed by atoms with Crippen molar-refractivity contribution >= 4 is 58.0 Å². The zero-order chi connectivity index (χ0) is 43.6. The molecule has 10 nitrogen and oxygen atoms in total. The molecule has 0 atom stereocenters. The van der Waals surface area contributed by atoms with Crippen molar-refractivity contribution in [1.29, 1.82) is 0 Å². The van der Waals surface area contributed by atoms with Gasteiger partial charge in [-0.1, -0.05) is 178 Å². The van der Waals surface area contributed by atoms with E-state index in [9.17, 15) is 36.2 Å². The van der Waals surface area contributed by atoms with Crippen LogP contribution in [0.25, 0.3) is 0 Å². The Morgan fingerprint density at radius 1 is 0.508 bits per heavy atom. The maximum Gasteiger partial charge on any atom is 2.00 e. The van der Waals surface area contributed by atoms with E-state index in [0.717, 1.165) is 61.4 Å². The normalized spacial score (nSPS) is 11.3. The van der Waals surface area contributed by atoms with Crippen molar-refractivity contribution in [3.05, 3.63) is 96.1 Å². The summed E-state index contributed by atoms with van der Waals surface area (Å²) in [6.45, 7) is 4.48. The predicted octanol–water partition coefficient (Wildman–Crippen LogP) is 12.4. The van der Waals surface area contributed by atoms with Crippen LogP contribution in [0.4, 0.5) is 0 Å². The van der Waals surface area contributed by atoms with Gasteiger partial charge < -0.3 is 24.2 Å². The van der Waals surface area contributed by atoms with Gasteiger partial charge in [-0.15, -0.1) is 0 Å². The Morgan fingerprint density at radius 3 is 1.26 bits per heavy atom. The topological polar surface area (TPSA) is 173 Å². The molecule has 0 amide bonds. The van der Waals surface area contributed by atoms with Gasteiger partial charge in [-0.05, 0) is 73.2 Å². The van der Waals surface area contributed by atoms with E-state index in [1.54, 1.807) is 0 Å². The number of rotatable bonds is 28. The number of aromatic hydroxyl groups is 1. The molecule has 2 N–H and O–H groups in total. The van der Waals surface area contributed by atoms with Crippen LogP contribution in [-0.4, -0.2) is 68.8 Å². The van der Waals surface area contributed by atoms with Gasteiger partial charge in [0, 0.05) is 6.07 Å². The Balaban J connectivity index is 0.000000413. The Kier molecular flexibility index (Phi) is 27.0. The minimum atomic E-state index is -4.83. The summed E-state index contributed by atoms with van der Waals surface area (Å²) < 4.78 is 77.3. The number of phenolic OH excluding ortho intramolecular Hbond substituents is 1. The first-order valence-electron chi connectivity index (χ1n) is 21.9. The summed E-state index contributed by atoms with van der Waals surface area (Å²) in [5.74, 6) is 0.344. The summed E-state index contributed by atoms with van der Waals surface area (Å²) in [5, 5.41) is 21.3. The monoisotopic (exact) mass is 906 g/mol. The molecular formula is C48H66CaO10S2. The summed E-state index contributed by atoms with van der Waals surface area (Å²) in [5.41, 5.74) is 2.08. The van der Waals surface area contributed by atoms with Gasteiger partial charge in [0.25, 0.3) is 10.1 Å². The second kappa shape index (κ2) is 30.3. The molecule has 0 heterocycles. The second-order valence-electron chi connectivity index (χ2n) is 15.5. The third-order valence-electron chi connectivity index (χ3n) is 10.4. The molecule has 332 valence electrons. The quantitative estimate of drug-likeness (QED) is 0.0317. The van der Waals surface area contributed by atoms with E-state index in [2.05, 4.69) is 13.8 Å². The van der Waals surface area contributed by atoms with Crippen molar-refractivity contribution in [1.82, 2.24) is 0 Å². The number of phenols is 1. The molecule has 0 aliphatic rings. The number of benzene rings is 4. The van der Waals surface area contributed by atoms with E-state index in [-0.39, 0.29) is 49.2 Å². The molecule has 4 aromatic carbocycles. The van der Waals surface area contributed by atoms with Crippen LogP contribution < -0.4 is 14.6 Å². The van der Waals surface area contributed by atoms with Gasteiger partial charge in [-0.2, -0.15) is 8.42 Å². The Labute approximate surface area is 396 Å². The number of unbranched alkanes of at least 4 members (excludes halogenated alkanes) is 18. The molecule has 0 saturated carbocycles. The maximum absolute atomic E-state index is 11.6. The third kappa shape index (κ3) is 21.9. The molecule has 61 heavy (non-hydrogen) atoms. The first-order chi connectivity index (χ1) is 28.8. The molecule has 0 unspecified atom stereocenters. The summed E-state index contributed by atoms with van der Waals surface area (Å²) in [6, 6.07) is 22.5. The number of aryl methyl sites for hydroxylation is 2. The van der Waals surface area contributed by atoms with Crippen LogP contribution in [0, 0.1) is 0 Å². The molecule has 0 aliphatic carbocycles. The molecule has 4 rings (SSSR count). The van der Waals surface area contributed by atoms with Crippen molar-refractivity contribution in [2.24, 2.45) is 0 Å². The van der Waals surface area contributed by atoms with E-state index in [0.29, 0.717) is 11.5 Å². The van der Waals surface area contributed by atoms with Crippen LogP contribution in [0.1, 0.15) is 153 Å². The SMILES string of the molecule is CCCCCCCCCCCCc1ccccc1Oc1ccc(O)c(S(=O)(=O)O)c1.CCCCCCCCCCCCc1ccccc1Oc1ccc([O-])c(S(=O)(=O)[O-])c1.[Ca+2]. The molecule has 4 aromatic rings. The summed E-state index contributed by atoms with van der Waals surface area (Å²) in [7, 11) is -9.35. The van der Waals surface area contributed by atoms with Crippen molar-refractivity contribution in [3.8, 4) is 34.5 Å². The van der Waals surface area contributed by atoms with E-state index in [4.69, 9.17) is 9.47 Å². The van der Waals surface area contributed by atoms with E-state index in [1.165, 1.54) is 127 Å². The van der Waals surface area contributed by atoms with Crippen LogP contribution in [-0.2, 0) is 33.1 Å². The molecule has 0 bridgehead atoms. The molecular weight excluding hydrogens is 841 g/mol. The van der Waals surface area contributed by atoms with Gasteiger partial charge in [-0.25, -0.2) is 8.42 Å². The number of para-hydroxylation sites is 2. The van der Waals surface area contributed by atoms with Gasteiger partial charge in [0.15, 0.2) is 0 Å². The van der Waals surface area contributed by atoms with Crippen LogP contribution in [0.15, 0.2) is 94.7 Å². The summed E-state index contributed by atoms with van der Waals surface area (Å²) >= 11 is 0. The van der Waals surface area contributed by atoms with Gasteiger partial charge in [-0.3, -0.25) is 4.55 Å². The van der Waals surface area contributed by atoms with E-state index in [1.807, 2.05) is 48.5 Å². The van der Waals surface area contributed by atoms with Crippen molar-refractivity contribution in [2.75, 3.05) is 0 Å². The largest absolute Gasteiger partial charge is 2.00 e. The third-order valence-corrected chi connectivity index (χ3v) is 12.1. The Hall–Kier alpha value is -2.84. The van der Waals surface area contributed by atoms with Gasteiger partial charge in [0.2, 0.25) is 0 Å². The number of hydrogen-bond acceptors (Lipinski definition) is 9. The van der Waals surface area contributed by atoms with Gasteiger partial charge in [0.05, 0.1) is 4.90 Å². The van der Waals surface area contributed by atoms with Crippen molar-refractivity contribution in [2.45, 2.75) is 165 Å². The molecule has 13 heteroatoms. The van der Waals surface area contributed by atoms with E-state index < -0.39 is 41.5 Å². The number of ether oxygens (including phenoxy) is 2. The molecule has 0 fully saturated rings. The summed E-state index contributed by atoms with van der Waals surface area (Å²) in [6.07, 6.45) is 27.2. The van der Waals surface area contributed by atoms with E-state index >= 15 is 0 Å². The van der Waals surface area contributed by atoms with Crippen LogP contribution >= 0.6 is 0 Å². The zero-order valence-electron chi connectivity index (χ0n) is 36.3. The standard InChI is InChI=1S/2C24H34O5S.Ca/c2*1-2-3-4-5-6-7-8-9-10-11-14-20-15-12-13-16-23(20)29-21-17-18-22(25)24(19-21)30(26,27)28;/h2*12-13,15-19,25H,2-11,14H2,1H3,(H,26,27,28);/q;;+2/p-2. The Morgan fingerprint density at radius 2 is 0.869 bits per heavy atom. The molecule has 0 aromatic heterocycles. The molecule has 0 spiro atoms. The van der Waals surface area contributed by atoms with Gasteiger partial charge in [0.1, 0.15) is 43.8 Å². The minimum absolute atomic E-state index is 0. The Bertz CT molecular complexity index is 1910. The van der Waals surface area contributed by atoms with Crippen LogP contribution in [0.3, 0.4) is 0 Å². The van der Waals surface area contributed by atoms with Crippen molar-refractivity contribution in [3.63, 3.8) is 0 Å². The molecule has 0 aliphatic heterocycles. The van der Waals surface area contributed by atoms with Crippen LogP contribution in [0.5, 0.6) is 34.5 Å². The molecule has 0 radical (unpaired) electrons. The second-order valence-corrected chi connectivity index (χ2v) is 18.2. The zero-order valence-corrected chi connectivity index (χ0v) is 40.2. The van der Waals surface area contributed by atoms with Crippen molar-refractivity contribution < 1.29 is 45.6 Å². The fourth-order valence-electron chi connectivity index (χ4n) is 6.99. The predicted molar refractivity (Wildman–Crippen MR) is 242 cm³/mol. The molecule has 0 saturated heterocycles. The number of hydrogen-bond donors (Lipinski definition) is 2. The minimum Gasteiger partial charge on any atom is -0.872 e. The average Bonchev–Trinajstić information content (AvgIpc) is 3.21. The fourth-order valence-corrected chi connectivity index (χ4v) is 8.16. The smallest absolute Gasteiger partial charge is 0.872 e. The average molecular weight is 907 g/mol.